The van der Waals surface area contributed by atoms with Gasteiger partial charge in [0.15, 0.2) is 11.6 Å². The largest absolute Gasteiger partial charge is 0.427 e. The molecule has 0 N–H and O–H groups in total. The molecule has 2 aromatic heterocycles. The van der Waals surface area contributed by atoms with E-state index in [0.29, 0.717) is 16.4 Å². The van der Waals surface area contributed by atoms with Crippen molar-refractivity contribution < 1.29 is 14.1 Å². The topological polar surface area (TPSA) is 82.6 Å². The fraction of sp³-hybridized carbons (Fsp3) is 0.375. The summed E-state index contributed by atoms with van der Waals surface area (Å²) in [6.07, 6.45) is 6.67. The van der Waals surface area contributed by atoms with Crippen LogP contribution in [-0.2, 0) is 0 Å². The van der Waals surface area contributed by atoms with Crippen LogP contribution in [0.1, 0.15) is 42.9 Å². The first kappa shape index (κ1) is 15.9. The van der Waals surface area contributed by atoms with Crippen molar-refractivity contribution in [1.29, 1.82) is 0 Å². The van der Waals surface area contributed by atoms with Crippen LogP contribution in [0.25, 0.3) is 4.96 Å². The lowest BCUT2D eigenvalue weighted by molar-refractivity contribution is -0.385. The van der Waals surface area contributed by atoms with Gasteiger partial charge in [0.2, 0.25) is 4.96 Å². The molecule has 0 spiro atoms. The van der Waals surface area contributed by atoms with Crippen molar-refractivity contribution in [2.45, 2.75) is 38.5 Å². The molecule has 7 nitrogen and oxygen atoms in total. The third-order valence-corrected chi connectivity index (χ3v) is 5.26. The zero-order valence-electron chi connectivity index (χ0n) is 13.4. The first-order chi connectivity index (χ1) is 12.0. The predicted octanol–water partition coefficient (Wildman–Crippen LogP) is 4.60. The van der Waals surface area contributed by atoms with E-state index >= 15 is 0 Å². The van der Waals surface area contributed by atoms with Crippen LogP contribution in [-0.4, -0.2) is 19.5 Å². The molecular formula is C16H15FN4O3S. The number of fused-ring (bicyclic) bond motifs is 1. The average Bonchev–Trinajstić information content (AvgIpc) is 3.25. The number of aromatic nitrogens is 3. The average molecular weight is 362 g/mol. The van der Waals surface area contributed by atoms with E-state index in [1.165, 1.54) is 37.2 Å². The van der Waals surface area contributed by atoms with Crippen molar-refractivity contribution in [3.63, 3.8) is 0 Å². The monoisotopic (exact) mass is 362 g/mol. The quantitative estimate of drug-likeness (QED) is 0.500. The van der Waals surface area contributed by atoms with Crippen LogP contribution in [0.3, 0.4) is 0 Å². The van der Waals surface area contributed by atoms with E-state index in [0.717, 1.165) is 24.6 Å². The van der Waals surface area contributed by atoms with Gasteiger partial charge in [0, 0.05) is 11.5 Å². The third kappa shape index (κ3) is 2.95. The van der Waals surface area contributed by atoms with E-state index < -0.39 is 10.7 Å². The van der Waals surface area contributed by atoms with Crippen LogP contribution in [0.15, 0.2) is 18.3 Å². The van der Waals surface area contributed by atoms with E-state index in [1.807, 2.05) is 6.20 Å². The fourth-order valence-corrected chi connectivity index (χ4v) is 3.93. The Morgan fingerprint density at radius 3 is 2.84 bits per heavy atom. The minimum Gasteiger partial charge on any atom is -0.427 e. The second-order valence-corrected chi connectivity index (χ2v) is 7.09. The van der Waals surface area contributed by atoms with Gasteiger partial charge in [-0.2, -0.15) is 0 Å². The molecule has 0 bridgehead atoms. The Hall–Kier alpha value is -2.55. The van der Waals surface area contributed by atoms with E-state index in [1.54, 1.807) is 4.52 Å². The molecular weight excluding hydrogens is 347 g/mol. The smallest absolute Gasteiger partial charge is 0.299 e. The molecule has 1 aromatic carbocycles. The fourth-order valence-electron chi connectivity index (χ4n) is 3.17. The highest BCUT2D eigenvalue weighted by atomic mass is 32.1. The van der Waals surface area contributed by atoms with Gasteiger partial charge in [0.25, 0.3) is 10.9 Å². The van der Waals surface area contributed by atoms with Crippen LogP contribution in [0, 0.1) is 22.9 Å². The third-order valence-electron chi connectivity index (χ3n) is 4.46. The number of nitrogens with zero attached hydrogens (tertiary/aromatic N) is 4. The summed E-state index contributed by atoms with van der Waals surface area (Å²) in [6.45, 7) is 1.53. The zero-order chi connectivity index (χ0) is 17.6. The normalized spacial score (nSPS) is 15.1. The number of ether oxygens (including phenoxy) is 1. The molecule has 0 unspecified atom stereocenters. The van der Waals surface area contributed by atoms with Crippen molar-refractivity contribution in [1.82, 2.24) is 14.6 Å². The second-order valence-electron chi connectivity index (χ2n) is 6.17. The van der Waals surface area contributed by atoms with Gasteiger partial charge in [-0.1, -0.05) is 12.8 Å². The first-order valence-corrected chi connectivity index (χ1v) is 8.81. The number of halogens is 1. The highest BCUT2D eigenvalue weighted by Gasteiger charge is 2.22. The number of nitro benzene ring substituents is 1. The van der Waals surface area contributed by atoms with Crippen molar-refractivity contribution >= 4 is 22.0 Å². The minimum atomic E-state index is -0.795. The van der Waals surface area contributed by atoms with E-state index in [9.17, 15) is 14.5 Å². The van der Waals surface area contributed by atoms with Gasteiger partial charge in [-0.05, 0) is 37.2 Å². The molecule has 0 saturated heterocycles. The highest BCUT2D eigenvalue weighted by molar-refractivity contribution is 7.18. The van der Waals surface area contributed by atoms with E-state index in [-0.39, 0.29) is 16.6 Å². The SMILES string of the molecule is Cc1cc(Oc2nn3cc(C4CCCC4)nc3s2)c(F)cc1[N+](=O)[O-]. The Bertz CT molecular complexity index is 930. The molecule has 4 rings (SSSR count). The molecule has 1 fully saturated rings. The first-order valence-electron chi connectivity index (χ1n) is 8.00. The summed E-state index contributed by atoms with van der Waals surface area (Å²) in [5.41, 5.74) is 1.09. The summed E-state index contributed by atoms with van der Waals surface area (Å²) in [5.74, 6) is -0.388. The van der Waals surface area contributed by atoms with Crippen LogP contribution in [0.2, 0.25) is 0 Å². The summed E-state index contributed by atoms with van der Waals surface area (Å²) in [4.78, 5) is 15.5. The number of hydrogen-bond acceptors (Lipinski definition) is 6. The van der Waals surface area contributed by atoms with Crippen LogP contribution < -0.4 is 4.74 Å². The van der Waals surface area contributed by atoms with Gasteiger partial charge < -0.3 is 4.74 Å². The van der Waals surface area contributed by atoms with Crippen molar-refractivity contribution in [3.8, 4) is 10.9 Å². The Morgan fingerprint density at radius 2 is 2.16 bits per heavy atom. The number of imidazole rings is 1. The maximum atomic E-state index is 14.1. The minimum absolute atomic E-state index is 0.0869. The Balaban J connectivity index is 1.59. The summed E-state index contributed by atoms with van der Waals surface area (Å²) >= 11 is 1.21. The Morgan fingerprint density at radius 1 is 1.40 bits per heavy atom. The summed E-state index contributed by atoms with van der Waals surface area (Å²) in [7, 11) is 0. The summed E-state index contributed by atoms with van der Waals surface area (Å²) < 4.78 is 21.2. The molecule has 1 aliphatic carbocycles. The number of benzene rings is 1. The lowest BCUT2D eigenvalue weighted by Gasteiger charge is -2.05. The molecule has 0 atom stereocenters. The molecule has 0 amide bonds. The number of hydrogen-bond donors (Lipinski definition) is 0. The van der Waals surface area contributed by atoms with E-state index in [2.05, 4.69) is 10.1 Å². The van der Waals surface area contributed by atoms with Crippen molar-refractivity contribution in [3.05, 3.63) is 45.5 Å². The molecule has 2 heterocycles. The van der Waals surface area contributed by atoms with Gasteiger partial charge in [0.05, 0.1) is 22.9 Å². The molecule has 3 aromatic rings. The molecule has 1 aliphatic rings. The van der Waals surface area contributed by atoms with Crippen LogP contribution >= 0.6 is 11.3 Å². The van der Waals surface area contributed by atoms with Gasteiger partial charge in [-0.15, -0.1) is 5.10 Å². The lowest BCUT2D eigenvalue weighted by Crippen LogP contribution is -1.96. The predicted molar refractivity (Wildman–Crippen MR) is 89.9 cm³/mol. The molecule has 0 aliphatic heterocycles. The van der Waals surface area contributed by atoms with Gasteiger partial charge >= 0.3 is 0 Å². The second kappa shape index (κ2) is 6.07. The van der Waals surface area contributed by atoms with Crippen molar-refractivity contribution in [2.75, 3.05) is 0 Å². The lowest BCUT2D eigenvalue weighted by atomic mass is 10.1. The maximum Gasteiger partial charge on any atom is 0.299 e. The van der Waals surface area contributed by atoms with E-state index in [4.69, 9.17) is 4.74 Å². The number of aryl methyl sites for hydroxylation is 1. The van der Waals surface area contributed by atoms with Gasteiger partial charge in [-0.25, -0.2) is 13.9 Å². The number of rotatable bonds is 4. The van der Waals surface area contributed by atoms with Crippen LogP contribution in [0.4, 0.5) is 10.1 Å². The van der Waals surface area contributed by atoms with Gasteiger partial charge in [0.1, 0.15) is 0 Å². The molecule has 25 heavy (non-hydrogen) atoms. The standard InChI is InChI=1S/C16H15FN4O3S/c1-9-6-14(11(17)7-13(9)21(22)23)24-16-19-20-8-12(18-15(20)25-16)10-4-2-3-5-10/h6-8,10H,2-5H2,1H3. The Kier molecular flexibility index (Phi) is 3.87. The zero-order valence-corrected chi connectivity index (χ0v) is 14.3. The summed E-state index contributed by atoms with van der Waals surface area (Å²) in [6, 6.07) is 2.17. The molecule has 0 radical (unpaired) electrons. The number of nitro groups is 1. The Labute approximate surface area is 146 Å². The highest BCUT2D eigenvalue weighted by Crippen LogP contribution is 2.36. The molecule has 1 saturated carbocycles. The maximum absolute atomic E-state index is 14.1. The van der Waals surface area contributed by atoms with Gasteiger partial charge in [-0.3, -0.25) is 10.1 Å². The van der Waals surface area contributed by atoms with Crippen LogP contribution in [0.5, 0.6) is 10.9 Å². The van der Waals surface area contributed by atoms with Crippen molar-refractivity contribution in [2.24, 2.45) is 0 Å². The summed E-state index contributed by atoms with van der Waals surface area (Å²) in [5, 5.41) is 15.4. The molecule has 130 valence electrons. The molecule has 9 heteroatoms.